The third kappa shape index (κ3) is 13.2. The number of carbonyl (C=O) groups excluding carboxylic acids is 2. The van der Waals surface area contributed by atoms with Gasteiger partial charge in [0, 0.05) is 27.1 Å². The molecule has 12 heteroatoms. The Labute approximate surface area is 266 Å². The van der Waals surface area contributed by atoms with Crippen LogP contribution in [0.1, 0.15) is 120 Å². The third-order valence-corrected chi connectivity index (χ3v) is 6.55. The fraction of sp³-hybridized carbons (Fsp3) is 0.938. The molecule has 0 aromatic carbocycles. The van der Waals surface area contributed by atoms with E-state index < -0.39 is 35.5 Å². The maximum absolute atomic E-state index is 13.1. The van der Waals surface area contributed by atoms with E-state index in [9.17, 15) is 9.59 Å². The van der Waals surface area contributed by atoms with Gasteiger partial charge in [0.15, 0.2) is 0 Å². The van der Waals surface area contributed by atoms with Crippen molar-refractivity contribution in [2.24, 2.45) is 0 Å². The normalized spacial score (nSPS) is 15.0. The van der Waals surface area contributed by atoms with Crippen LogP contribution in [0.3, 0.4) is 0 Å². The standard InChI is InChI=1S/C32H62O12/c1-11-21-37-29(7,35-9)31(39-23-13-3,40-24-14-4)43-27(33)19-17-18-20-28(34)44-32(41-25-15-5,42-26-16-6)30(8,36-10)38-22-12-2/h11-26H2,1-10H3. The lowest BCUT2D eigenvalue weighted by molar-refractivity contribution is -0.477. The minimum absolute atomic E-state index is 0.00716. The molecule has 0 aromatic rings. The molecule has 2 atom stereocenters. The van der Waals surface area contributed by atoms with Crippen LogP contribution >= 0.6 is 0 Å². The van der Waals surface area contributed by atoms with Crippen LogP contribution in [0.25, 0.3) is 0 Å². The molecule has 262 valence electrons. The molecule has 0 aliphatic heterocycles. The van der Waals surface area contributed by atoms with Crippen LogP contribution < -0.4 is 0 Å². The number of rotatable bonds is 29. The lowest BCUT2D eigenvalue weighted by atomic mass is 10.2. The highest BCUT2D eigenvalue weighted by Crippen LogP contribution is 2.36. The summed E-state index contributed by atoms with van der Waals surface area (Å²) in [5.74, 6) is -8.01. The number of carbonyl (C=O) groups is 2. The van der Waals surface area contributed by atoms with Crippen molar-refractivity contribution in [2.45, 2.75) is 143 Å². The molecule has 0 radical (unpaired) electrons. The highest BCUT2D eigenvalue weighted by Gasteiger charge is 2.58. The van der Waals surface area contributed by atoms with Crippen molar-refractivity contribution in [3.05, 3.63) is 0 Å². The summed E-state index contributed by atoms with van der Waals surface area (Å²) in [4.78, 5) is 26.2. The van der Waals surface area contributed by atoms with E-state index in [0.29, 0.717) is 64.6 Å². The highest BCUT2D eigenvalue weighted by atomic mass is 16.9. The van der Waals surface area contributed by atoms with Crippen molar-refractivity contribution in [1.29, 1.82) is 0 Å². The Bertz CT molecular complexity index is 686. The summed E-state index contributed by atoms with van der Waals surface area (Å²) in [5, 5.41) is 0. The Morgan fingerprint density at radius 3 is 0.932 bits per heavy atom. The Morgan fingerprint density at radius 1 is 0.455 bits per heavy atom. The SMILES string of the molecule is CCCOC(C)(OC)C(OCCC)(OCCC)OC(=O)CCCCC(=O)OC(OCCC)(OCCC)C(C)(OC)OCCC. The van der Waals surface area contributed by atoms with Crippen LogP contribution in [-0.4, -0.2) is 89.3 Å². The fourth-order valence-corrected chi connectivity index (χ4v) is 3.94. The lowest BCUT2D eigenvalue weighted by Gasteiger charge is -2.44. The quantitative estimate of drug-likeness (QED) is 0.0524. The van der Waals surface area contributed by atoms with Crippen LogP contribution in [0.15, 0.2) is 0 Å². The molecule has 0 bridgehead atoms. The Hall–Kier alpha value is -1.38. The van der Waals surface area contributed by atoms with Crippen molar-refractivity contribution in [2.75, 3.05) is 53.9 Å². The molecule has 0 aliphatic carbocycles. The summed E-state index contributed by atoms with van der Waals surface area (Å²) >= 11 is 0. The molecule has 0 aromatic heterocycles. The van der Waals surface area contributed by atoms with Gasteiger partial charge in [-0.05, 0) is 65.2 Å². The first-order valence-electron chi connectivity index (χ1n) is 16.4. The molecule has 2 unspecified atom stereocenters. The molecular formula is C32H62O12. The topological polar surface area (TPSA) is 126 Å². The smallest absolute Gasteiger partial charge is 0.386 e. The third-order valence-electron chi connectivity index (χ3n) is 6.55. The Balaban J connectivity index is 5.66. The summed E-state index contributed by atoms with van der Waals surface area (Å²) in [6.07, 6.45) is 4.69. The van der Waals surface area contributed by atoms with Gasteiger partial charge in [0.05, 0.1) is 39.6 Å². The van der Waals surface area contributed by atoms with E-state index in [1.807, 2.05) is 41.5 Å². The van der Waals surface area contributed by atoms with E-state index in [4.69, 9.17) is 47.4 Å². The second-order valence-electron chi connectivity index (χ2n) is 10.7. The van der Waals surface area contributed by atoms with Gasteiger partial charge in [-0.3, -0.25) is 9.59 Å². The van der Waals surface area contributed by atoms with Crippen LogP contribution in [0.2, 0.25) is 0 Å². The molecule has 0 aliphatic rings. The van der Waals surface area contributed by atoms with Crippen molar-refractivity contribution in [3.63, 3.8) is 0 Å². The first-order chi connectivity index (χ1) is 21.0. The zero-order chi connectivity index (χ0) is 33.5. The maximum Gasteiger partial charge on any atom is 0.386 e. The van der Waals surface area contributed by atoms with E-state index in [1.165, 1.54) is 14.2 Å². The number of methoxy groups -OCH3 is 2. The summed E-state index contributed by atoms with van der Waals surface area (Å²) in [5.41, 5.74) is 0. The lowest BCUT2D eigenvalue weighted by Crippen LogP contribution is -2.61. The van der Waals surface area contributed by atoms with E-state index in [1.54, 1.807) is 13.8 Å². The second kappa shape index (κ2) is 23.0. The predicted octanol–water partition coefficient (Wildman–Crippen LogP) is 6.23. The molecule has 0 rings (SSSR count). The number of unbranched alkanes of at least 4 members (excludes halogenated alkanes) is 1. The molecule has 0 heterocycles. The van der Waals surface area contributed by atoms with Gasteiger partial charge < -0.3 is 47.4 Å². The van der Waals surface area contributed by atoms with Crippen molar-refractivity contribution < 1.29 is 57.0 Å². The summed E-state index contributed by atoms with van der Waals surface area (Å²) in [7, 11) is 2.90. The van der Waals surface area contributed by atoms with E-state index in [2.05, 4.69) is 0 Å². The number of hydrogen-bond acceptors (Lipinski definition) is 12. The average Bonchev–Trinajstić information content (AvgIpc) is 3.03. The summed E-state index contributed by atoms with van der Waals surface area (Å²) in [6, 6.07) is 0. The monoisotopic (exact) mass is 638 g/mol. The number of esters is 2. The molecule has 12 nitrogen and oxygen atoms in total. The predicted molar refractivity (Wildman–Crippen MR) is 164 cm³/mol. The number of ether oxygens (including phenoxy) is 10. The zero-order valence-electron chi connectivity index (χ0n) is 29.2. The van der Waals surface area contributed by atoms with Crippen molar-refractivity contribution >= 4 is 11.9 Å². The van der Waals surface area contributed by atoms with Gasteiger partial charge >= 0.3 is 23.9 Å². The van der Waals surface area contributed by atoms with Gasteiger partial charge in [-0.1, -0.05) is 41.5 Å². The molecule has 0 amide bonds. The van der Waals surface area contributed by atoms with E-state index in [0.717, 1.165) is 0 Å². The van der Waals surface area contributed by atoms with Crippen LogP contribution in [0, 0.1) is 0 Å². The molecule has 0 N–H and O–H groups in total. The molecule has 44 heavy (non-hydrogen) atoms. The van der Waals surface area contributed by atoms with Gasteiger partial charge in [0.1, 0.15) is 0 Å². The first-order valence-corrected chi connectivity index (χ1v) is 16.4. The molecule has 0 fully saturated rings. The van der Waals surface area contributed by atoms with Gasteiger partial charge in [-0.25, -0.2) is 0 Å². The largest absolute Gasteiger partial charge is 0.403 e. The van der Waals surface area contributed by atoms with Gasteiger partial charge in [0.2, 0.25) is 0 Å². The first kappa shape index (κ1) is 42.6. The molecule has 0 saturated heterocycles. The second-order valence-corrected chi connectivity index (χ2v) is 10.7. The van der Waals surface area contributed by atoms with Crippen molar-refractivity contribution in [3.8, 4) is 0 Å². The fourth-order valence-electron chi connectivity index (χ4n) is 3.94. The van der Waals surface area contributed by atoms with E-state index in [-0.39, 0.29) is 39.3 Å². The van der Waals surface area contributed by atoms with Crippen LogP contribution in [-0.2, 0) is 57.0 Å². The van der Waals surface area contributed by atoms with Gasteiger partial charge in [-0.2, -0.15) is 0 Å². The van der Waals surface area contributed by atoms with Crippen molar-refractivity contribution in [1.82, 2.24) is 0 Å². The van der Waals surface area contributed by atoms with Gasteiger partial charge in [0.25, 0.3) is 11.6 Å². The van der Waals surface area contributed by atoms with E-state index >= 15 is 0 Å². The molecule has 0 saturated carbocycles. The molecule has 0 spiro atoms. The average molecular weight is 639 g/mol. The Morgan fingerprint density at radius 2 is 0.705 bits per heavy atom. The minimum Gasteiger partial charge on any atom is -0.403 e. The van der Waals surface area contributed by atoms with Crippen LogP contribution in [0.4, 0.5) is 0 Å². The molecular weight excluding hydrogens is 576 g/mol. The highest BCUT2D eigenvalue weighted by molar-refractivity contribution is 5.71. The zero-order valence-corrected chi connectivity index (χ0v) is 29.2. The minimum atomic E-state index is -1.91. The van der Waals surface area contributed by atoms with Crippen LogP contribution in [0.5, 0.6) is 0 Å². The Kier molecular flexibility index (Phi) is 22.3. The maximum atomic E-state index is 13.1. The number of hydrogen-bond donors (Lipinski definition) is 0. The summed E-state index contributed by atoms with van der Waals surface area (Å²) < 4.78 is 58.9. The summed E-state index contributed by atoms with van der Waals surface area (Å²) in [6.45, 7) is 16.6. The van der Waals surface area contributed by atoms with Gasteiger partial charge in [-0.15, -0.1) is 0 Å².